The number of ether oxygens (including phenoxy) is 2. The summed E-state index contributed by atoms with van der Waals surface area (Å²) in [4.78, 5) is 21.1. The van der Waals surface area contributed by atoms with E-state index in [4.69, 9.17) is 9.47 Å². The quantitative estimate of drug-likeness (QED) is 0.537. The molecule has 0 spiro atoms. The average Bonchev–Trinajstić information content (AvgIpc) is 3.09. The summed E-state index contributed by atoms with van der Waals surface area (Å²) in [7, 11) is 1.59. The Morgan fingerprint density at radius 3 is 2.66 bits per heavy atom. The Morgan fingerprint density at radius 2 is 1.90 bits per heavy atom. The van der Waals surface area contributed by atoms with Gasteiger partial charge in [-0.25, -0.2) is 14.8 Å². The third-order valence-corrected chi connectivity index (χ3v) is 4.39. The molecule has 0 saturated heterocycles. The normalized spacial score (nSPS) is 11.6. The molecule has 0 aliphatic carbocycles. The van der Waals surface area contributed by atoms with Crippen LogP contribution in [0.15, 0.2) is 55.0 Å². The van der Waals surface area contributed by atoms with Crippen LogP contribution in [0.4, 0.5) is 10.5 Å². The lowest BCUT2D eigenvalue weighted by Gasteiger charge is -2.20. The number of hydrogen-bond donors (Lipinski definition) is 1. The highest BCUT2D eigenvalue weighted by molar-refractivity contribution is 6.00. The van der Waals surface area contributed by atoms with Crippen molar-refractivity contribution < 1.29 is 14.3 Å². The first-order valence-electron chi connectivity index (χ1n) is 9.24. The second-order valence-electron chi connectivity index (χ2n) is 7.67. The van der Waals surface area contributed by atoms with Gasteiger partial charge >= 0.3 is 6.09 Å². The van der Waals surface area contributed by atoms with Gasteiger partial charge in [0.15, 0.2) is 0 Å². The number of carbonyl (C=O) groups excluding carboxylic acids is 1. The van der Waals surface area contributed by atoms with Gasteiger partial charge in [-0.15, -0.1) is 0 Å². The predicted molar refractivity (Wildman–Crippen MR) is 113 cm³/mol. The molecule has 1 amide bonds. The zero-order valence-corrected chi connectivity index (χ0v) is 16.8. The van der Waals surface area contributed by atoms with Crippen LogP contribution in [-0.2, 0) is 4.74 Å². The van der Waals surface area contributed by atoms with Gasteiger partial charge < -0.3 is 9.47 Å². The number of hydrogen-bond acceptors (Lipinski definition) is 5. The van der Waals surface area contributed by atoms with Crippen molar-refractivity contribution in [3.63, 3.8) is 0 Å². The van der Waals surface area contributed by atoms with Crippen molar-refractivity contribution in [2.45, 2.75) is 26.4 Å². The SMILES string of the molecule is COc1cc2ccn(-c3cc4c(NC(=O)OC(C)(C)C)cccc4cn3)c2cn1. The predicted octanol–water partition coefficient (Wildman–Crippen LogP) is 4.93. The Labute approximate surface area is 168 Å². The van der Waals surface area contributed by atoms with Gasteiger partial charge in [-0.05, 0) is 39.0 Å². The first-order valence-corrected chi connectivity index (χ1v) is 9.24. The summed E-state index contributed by atoms with van der Waals surface area (Å²) in [6.45, 7) is 5.49. The summed E-state index contributed by atoms with van der Waals surface area (Å²) >= 11 is 0. The van der Waals surface area contributed by atoms with Crippen molar-refractivity contribution in [1.82, 2.24) is 14.5 Å². The smallest absolute Gasteiger partial charge is 0.412 e. The van der Waals surface area contributed by atoms with Crippen LogP contribution in [0.3, 0.4) is 0 Å². The largest absolute Gasteiger partial charge is 0.481 e. The van der Waals surface area contributed by atoms with E-state index in [0.717, 1.165) is 27.5 Å². The molecule has 0 bridgehead atoms. The standard InChI is InChI=1S/C22H22N4O3/c1-22(2,3)29-21(27)25-17-7-5-6-15-12-23-19(11-16(15)17)26-9-8-14-10-20(28-4)24-13-18(14)26/h5-13H,1-4H3,(H,25,27). The van der Waals surface area contributed by atoms with Crippen molar-refractivity contribution in [3.8, 4) is 11.7 Å². The lowest BCUT2D eigenvalue weighted by atomic mass is 10.1. The molecule has 0 aliphatic rings. The van der Waals surface area contributed by atoms with Gasteiger partial charge in [-0.3, -0.25) is 9.88 Å². The maximum atomic E-state index is 12.2. The monoisotopic (exact) mass is 390 g/mol. The molecule has 0 unspecified atom stereocenters. The summed E-state index contributed by atoms with van der Waals surface area (Å²) < 4.78 is 12.5. The van der Waals surface area contributed by atoms with Gasteiger partial charge in [0.25, 0.3) is 0 Å². The maximum Gasteiger partial charge on any atom is 0.412 e. The minimum atomic E-state index is -0.570. The first kappa shape index (κ1) is 18.7. The van der Waals surface area contributed by atoms with Crippen molar-refractivity contribution in [3.05, 3.63) is 55.0 Å². The lowest BCUT2D eigenvalue weighted by molar-refractivity contribution is 0.0636. The molecule has 4 aromatic rings. The fourth-order valence-corrected chi connectivity index (χ4v) is 3.14. The Morgan fingerprint density at radius 1 is 1.07 bits per heavy atom. The zero-order valence-electron chi connectivity index (χ0n) is 16.8. The molecule has 7 heteroatoms. The number of fused-ring (bicyclic) bond motifs is 2. The van der Waals surface area contributed by atoms with E-state index in [1.54, 1.807) is 19.5 Å². The number of carbonyl (C=O) groups is 1. The summed E-state index contributed by atoms with van der Waals surface area (Å²) in [5.41, 5.74) is 1.01. The van der Waals surface area contributed by atoms with Crippen LogP contribution in [0.25, 0.3) is 27.5 Å². The molecule has 0 radical (unpaired) electrons. The summed E-state index contributed by atoms with van der Waals surface area (Å²) in [5.74, 6) is 1.28. The van der Waals surface area contributed by atoms with Gasteiger partial charge in [0.05, 0.1) is 24.5 Å². The topological polar surface area (TPSA) is 78.3 Å². The van der Waals surface area contributed by atoms with E-state index in [1.165, 1.54) is 0 Å². The number of nitrogens with zero attached hydrogens (tertiary/aromatic N) is 3. The summed E-state index contributed by atoms with van der Waals surface area (Å²) in [5, 5.41) is 5.62. The van der Waals surface area contributed by atoms with Gasteiger partial charge in [0, 0.05) is 34.6 Å². The van der Waals surface area contributed by atoms with Gasteiger partial charge in [0.1, 0.15) is 11.4 Å². The molecule has 29 heavy (non-hydrogen) atoms. The first-order chi connectivity index (χ1) is 13.8. The number of aromatic nitrogens is 3. The van der Waals surface area contributed by atoms with Crippen molar-refractivity contribution >= 4 is 33.5 Å². The van der Waals surface area contributed by atoms with E-state index in [0.29, 0.717) is 11.6 Å². The third-order valence-electron chi connectivity index (χ3n) is 4.39. The molecule has 0 aliphatic heterocycles. The van der Waals surface area contributed by atoms with Gasteiger partial charge in [0.2, 0.25) is 5.88 Å². The van der Waals surface area contributed by atoms with Crippen molar-refractivity contribution in [2.24, 2.45) is 0 Å². The number of nitrogens with one attached hydrogen (secondary N) is 1. The van der Waals surface area contributed by atoms with Crippen molar-refractivity contribution in [2.75, 3.05) is 12.4 Å². The summed E-state index contributed by atoms with van der Waals surface area (Å²) in [6.07, 6.45) is 4.98. The van der Waals surface area contributed by atoms with E-state index in [2.05, 4.69) is 15.3 Å². The van der Waals surface area contributed by atoms with E-state index < -0.39 is 11.7 Å². The molecule has 1 N–H and O–H groups in total. The van der Waals surface area contributed by atoms with Crippen LogP contribution in [0, 0.1) is 0 Å². The van der Waals surface area contributed by atoms with E-state index >= 15 is 0 Å². The van der Waals surface area contributed by atoms with Gasteiger partial charge in [-0.2, -0.15) is 0 Å². The maximum absolute atomic E-state index is 12.2. The fourth-order valence-electron chi connectivity index (χ4n) is 3.14. The minimum absolute atomic E-state index is 0.494. The molecule has 148 valence electrons. The zero-order chi connectivity index (χ0) is 20.6. The molecule has 3 aromatic heterocycles. The number of amides is 1. The van der Waals surface area contributed by atoms with E-state index in [9.17, 15) is 4.79 Å². The Kier molecular flexibility index (Phi) is 4.58. The minimum Gasteiger partial charge on any atom is -0.481 e. The molecule has 4 rings (SSSR count). The highest BCUT2D eigenvalue weighted by atomic mass is 16.6. The molecule has 1 aromatic carbocycles. The molecule has 0 fully saturated rings. The third kappa shape index (κ3) is 3.85. The van der Waals surface area contributed by atoms with Crippen LogP contribution >= 0.6 is 0 Å². The van der Waals surface area contributed by atoms with Crippen LogP contribution < -0.4 is 10.1 Å². The summed E-state index contributed by atoms with van der Waals surface area (Å²) in [6, 6.07) is 11.5. The highest BCUT2D eigenvalue weighted by Gasteiger charge is 2.17. The van der Waals surface area contributed by atoms with Crippen molar-refractivity contribution in [1.29, 1.82) is 0 Å². The molecule has 7 nitrogen and oxygen atoms in total. The molecule has 3 heterocycles. The number of benzene rings is 1. The van der Waals surface area contributed by atoms with Crippen LogP contribution in [0.1, 0.15) is 20.8 Å². The second-order valence-corrected chi connectivity index (χ2v) is 7.67. The van der Waals surface area contributed by atoms with E-state index in [-0.39, 0.29) is 0 Å². The van der Waals surface area contributed by atoms with Gasteiger partial charge in [-0.1, -0.05) is 12.1 Å². The lowest BCUT2D eigenvalue weighted by Crippen LogP contribution is -2.27. The Balaban J connectivity index is 1.75. The number of rotatable bonds is 3. The average molecular weight is 390 g/mol. The number of methoxy groups -OCH3 is 1. The van der Waals surface area contributed by atoms with Crippen LogP contribution in [0.5, 0.6) is 5.88 Å². The number of anilines is 1. The van der Waals surface area contributed by atoms with Crippen LogP contribution in [0.2, 0.25) is 0 Å². The second kappa shape index (κ2) is 7.09. The van der Waals surface area contributed by atoms with Crippen LogP contribution in [-0.4, -0.2) is 33.3 Å². The Bertz CT molecular complexity index is 1210. The molecule has 0 saturated carbocycles. The Hall–Kier alpha value is -3.61. The number of pyridine rings is 2. The molecular formula is C22H22N4O3. The molecular weight excluding hydrogens is 368 g/mol. The highest BCUT2D eigenvalue weighted by Crippen LogP contribution is 2.28. The fraction of sp³-hybridized carbons (Fsp3) is 0.227. The molecule has 0 atom stereocenters. The van der Waals surface area contributed by atoms with E-state index in [1.807, 2.05) is 67.9 Å².